The summed E-state index contributed by atoms with van der Waals surface area (Å²) in [5.41, 5.74) is 6.93. The molecule has 1 atom stereocenters. The SMILES string of the molecule is COc1ccccc1-c1nnc2n1CCC(N)C2. The maximum Gasteiger partial charge on any atom is 0.167 e. The molecule has 94 valence electrons. The van der Waals surface area contributed by atoms with Crippen molar-refractivity contribution in [1.82, 2.24) is 14.8 Å². The van der Waals surface area contributed by atoms with Gasteiger partial charge in [0.15, 0.2) is 5.82 Å². The number of fused-ring (bicyclic) bond motifs is 1. The fourth-order valence-electron chi connectivity index (χ4n) is 2.38. The number of rotatable bonds is 2. The first-order valence-corrected chi connectivity index (χ1v) is 6.10. The number of hydrogen-bond acceptors (Lipinski definition) is 4. The number of benzene rings is 1. The molecule has 0 radical (unpaired) electrons. The Morgan fingerprint density at radius 2 is 2.17 bits per heavy atom. The van der Waals surface area contributed by atoms with Crippen molar-refractivity contribution in [2.75, 3.05) is 7.11 Å². The topological polar surface area (TPSA) is 66.0 Å². The summed E-state index contributed by atoms with van der Waals surface area (Å²) in [6.07, 6.45) is 1.76. The molecule has 1 unspecified atom stereocenters. The summed E-state index contributed by atoms with van der Waals surface area (Å²) in [4.78, 5) is 0. The van der Waals surface area contributed by atoms with Crippen LogP contribution in [-0.4, -0.2) is 27.9 Å². The smallest absolute Gasteiger partial charge is 0.167 e. The van der Waals surface area contributed by atoms with Crippen LogP contribution in [0, 0.1) is 0 Å². The van der Waals surface area contributed by atoms with Gasteiger partial charge in [-0.05, 0) is 18.6 Å². The summed E-state index contributed by atoms with van der Waals surface area (Å²) in [5.74, 6) is 2.66. The van der Waals surface area contributed by atoms with Gasteiger partial charge in [-0.1, -0.05) is 12.1 Å². The van der Waals surface area contributed by atoms with Gasteiger partial charge in [0.25, 0.3) is 0 Å². The average molecular weight is 244 g/mol. The van der Waals surface area contributed by atoms with Crippen LogP contribution >= 0.6 is 0 Å². The zero-order chi connectivity index (χ0) is 12.5. The van der Waals surface area contributed by atoms with Gasteiger partial charge in [0, 0.05) is 19.0 Å². The van der Waals surface area contributed by atoms with Crippen LogP contribution in [0.3, 0.4) is 0 Å². The number of para-hydroxylation sites is 1. The summed E-state index contributed by atoms with van der Waals surface area (Å²) in [6, 6.07) is 8.07. The molecule has 0 spiro atoms. The first-order valence-electron chi connectivity index (χ1n) is 6.10. The minimum atomic E-state index is 0.201. The van der Waals surface area contributed by atoms with Gasteiger partial charge in [-0.15, -0.1) is 10.2 Å². The van der Waals surface area contributed by atoms with Gasteiger partial charge >= 0.3 is 0 Å². The van der Waals surface area contributed by atoms with Crippen molar-refractivity contribution in [1.29, 1.82) is 0 Å². The minimum Gasteiger partial charge on any atom is -0.496 e. The molecule has 0 saturated heterocycles. The molecule has 0 amide bonds. The highest BCUT2D eigenvalue weighted by Crippen LogP contribution is 2.30. The number of hydrogen-bond donors (Lipinski definition) is 1. The Morgan fingerprint density at radius 3 is 3.00 bits per heavy atom. The molecule has 0 fully saturated rings. The van der Waals surface area contributed by atoms with E-state index in [4.69, 9.17) is 10.5 Å². The lowest BCUT2D eigenvalue weighted by Gasteiger charge is -2.20. The molecule has 2 N–H and O–H groups in total. The summed E-state index contributed by atoms with van der Waals surface area (Å²) in [5, 5.41) is 8.52. The number of nitrogens with zero attached hydrogens (tertiary/aromatic N) is 3. The van der Waals surface area contributed by atoms with Gasteiger partial charge in [0.05, 0.1) is 12.7 Å². The van der Waals surface area contributed by atoms with E-state index in [-0.39, 0.29) is 6.04 Å². The van der Waals surface area contributed by atoms with Gasteiger partial charge in [-0.2, -0.15) is 0 Å². The van der Waals surface area contributed by atoms with Gasteiger partial charge in [0.2, 0.25) is 0 Å². The molecule has 0 saturated carbocycles. The van der Waals surface area contributed by atoms with Gasteiger partial charge in [0.1, 0.15) is 11.6 Å². The van der Waals surface area contributed by atoms with Crippen molar-refractivity contribution in [3.05, 3.63) is 30.1 Å². The molecule has 3 rings (SSSR count). The third kappa shape index (κ3) is 1.76. The fourth-order valence-corrected chi connectivity index (χ4v) is 2.38. The Balaban J connectivity index is 2.08. The third-order valence-corrected chi connectivity index (χ3v) is 3.34. The maximum atomic E-state index is 5.95. The van der Waals surface area contributed by atoms with Crippen molar-refractivity contribution in [3.8, 4) is 17.1 Å². The highest BCUT2D eigenvalue weighted by atomic mass is 16.5. The standard InChI is InChI=1S/C13H16N4O/c1-18-11-5-3-2-4-10(11)13-16-15-12-8-9(14)6-7-17(12)13/h2-5,9H,6-8,14H2,1H3. The summed E-state index contributed by atoms with van der Waals surface area (Å²) in [6.45, 7) is 0.872. The normalized spacial score (nSPS) is 18.4. The molecule has 1 aliphatic rings. The Kier molecular flexibility index (Phi) is 2.76. The van der Waals surface area contributed by atoms with Crippen molar-refractivity contribution < 1.29 is 4.74 Å². The number of aromatic nitrogens is 3. The molecule has 2 heterocycles. The van der Waals surface area contributed by atoms with Crippen LogP contribution in [0.15, 0.2) is 24.3 Å². The summed E-state index contributed by atoms with van der Waals surface area (Å²) in [7, 11) is 1.67. The summed E-state index contributed by atoms with van der Waals surface area (Å²) >= 11 is 0. The molecular weight excluding hydrogens is 228 g/mol. The molecule has 5 nitrogen and oxygen atoms in total. The van der Waals surface area contributed by atoms with E-state index in [1.165, 1.54) is 0 Å². The Hall–Kier alpha value is -1.88. The number of ether oxygens (including phenoxy) is 1. The zero-order valence-electron chi connectivity index (χ0n) is 10.3. The molecule has 0 bridgehead atoms. The quantitative estimate of drug-likeness (QED) is 0.862. The lowest BCUT2D eigenvalue weighted by molar-refractivity contribution is 0.415. The van der Waals surface area contributed by atoms with Crippen LogP contribution in [0.2, 0.25) is 0 Å². The minimum absolute atomic E-state index is 0.201. The highest BCUT2D eigenvalue weighted by molar-refractivity contribution is 5.64. The largest absolute Gasteiger partial charge is 0.496 e. The van der Waals surface area contributed by atoms with Crippen molar-refractivity contribution in [2.45, 2.75) is 25.4 Å². The first-order chi connectivity index (χ1) is 8.79. The molecule has 18 heavy (non-hydrogen) atoms. The molecule has 1 aromatic heterocycles. The van der Waals surface area contributed by atoms with Crippen molar-refractivity contribution in [3.63, 3.8) is 0 Å². The lowest BCUT2D eigenvalue weighted by Crippen LogP contribution is -2.31. The van der Waals surface area contributed by atoms with E-state index in [0.29, 0.717) is 0 Å². The predicted octanol–water partition coefficient (Wildman–Crippen LogP) is 1.23. The van der Waals surface area contributed by atoms with E-state index in [1.54, 1.807) is 7.11 Å². The van der Waals surface area contributed by atoms with Gasteiger partial charge in [-0.3, -0.25) is 0 Å². The van der Waals surface area contributed by atoms with Crippen molar-refractivity contribution >= 4 is 0 Å². The Labute approximate surface area is 106 Å². The highest BCUT2D eigenvalue weighted by Gasteiger charge is 2.22. The van der Waals surface area contributed by atoms with Crippen LogP contribution in [0.5, 0.6) is 5.75 Å². The van der Waals surface area contributed by atoms with Crippen LogP contribution < -0.4 is 10.5 Å². The molecule has 0 aliphatic carbocycles. The molecule has 2 aromatic rings. The third-order valence-electron chi connectivity index (χ3n) is 3.34. The number of methoxy groups -OCH3 is 1. The van der Waals surface area contributed by atoms with Gasteiger partial charge in [-0.25, -0.2) is 0 Å². The second-order valence-electron chi connectivity index (χ2n) is 4.54. The van der Waals surface area contributed by atoms with Crippen LogP contribution in [0.1, 0.15) is 12.2 Å². The van der Waals surface area contributed by atoms with E-state index in [9.17, 15) is 0 Å². The maximum absolute atomic E-state index is 5.95. The molecule has 1 aliphatic heterocycles. The van der Waals surface area contributed by atoms with E-state index >= 15 is 0 Å². The van der Waals surface area contributed by atoms with Crippen LogP contribution in [0.4, 0.5) is 0 Å². The van der Waals surface area contributed by atoms with E-state index in [0.717, 1.165) is 42.3 Å². The second kappa shape index (κ2) is 4.42. The predicted molar refractivity (Wildman–Crippen MR) is 68.3 cm³/mol. The number of nitrogens with two attached hydrogens (primary N) is 1. The molecule has 1 aromatic carbocycles. The van der Waals surface area contributed by atoms with E-state index in [2.05, 4.69) is 14.8 Å². The van der Waals surface area contributed by atoms with Crippen LogP contribution in [-0.2, 0) is 13.0 Å². The zero-order valence-corrected chi connectivity index (χ0v) is 10.3. The first kappa shape index (κ1) is 11.2. The second-order valence-corrected chi connectivity index (χ2v) is 4.54. The Bertz CT molecular complexity index is 564. The monoisotopic (exact) mass is 244 g/mol. The van der Waals surface area contributed by atoms with E-state index < -0.39 is 0 Å². The summed E-state index contributed by atoms with van der Waals surface area (Å²) < 4.78 is 7.52. The average Bonchev–Trinajstić information content (AvgIpc) is 2.81. The van der Waals surface area contributed by atoms with Crippen LogP contribution in [0.25, 0.3) is 11.4 Å². The van der Waals surface area contributed by atoms with E-state index in [1.807, 2.05) is 24.3 Å². The Morgan fingerprint density at radius 1 is 1.33 bits per heavy atom. The van der Waals surface area contributed by atoms with Crippen molar-refractivity contribution in [2.24, 2.45) is 5.73 Å². The molecule has 5 heteroatoms. The molecular formula is C13H16N4O. The van der Waals surface area contributed by atoms with Gasteiger partial charge < -0.3 is 15.0 Å². The fraction of sp³-hybridized carbons (Fsp3) is 0.385. The lowest BCUT2D eigenvalue weighted by atomic mass is 10.1.